The Morgan fingerprint density at radius 1 is 1.00 bits per heavy atom. The molecule has 0 saturated carbocycles. The molecule has 0 saturated heterocycles. The van der Waals surface area contributed by atoms with Crippen molar-refractivity contribution in [3.63, 3.8) is 0 Å². The Morgan fingerprint density at radius 2 is 1.76 bits per heavy atom. The highest BCUT2D eigenvalue weighted by Crippen LogP contribution is 2.34. The smallest absolute Gasteiger partial charge is 0.325 e. The highest BCUT2D eigenvalue weighted by Gasteiger charge is 2.11. The monoisotopic (exact) mass is 486 g/mol. The molecule has 0 radical (unpaired) electrons. The Kier molecular flexibility index (Phi) is 9.78. The number of benzene rings is 2. The highest BCUT2D eigenvalue weighted by atomic mass is 31.2. The van der Waals surface area contributed by atoms with Gasteiger partial charge in [0.1, 0.15) is 5.75 Å². The van der Waals surface area contributed by atoms with Crippen LogP contribution >= 0.6 is 7.60 Å². The third-order valence-electron chi connectivity index (χ3n) is 5.30. The molecule has 0 aliphatic carbocycles. The molecule has 0 aliphatic heterocycles. The van der Waals surface area contributed by atoms with E-state index >= 15 is 0 Å². The molecule has 0 unspecified atom stereocenters. The van der Waals surface area contributed by atoms with Crippen LogP contribution in [0.2, 0.25) is 0 Å². The second-order valence-corrected chi connectivity index (χ2v) is 10.4. The first kappa shape index (κ1) is 26.0. The van der Waals surface area contributed by atoms with Gasteiger partial charge in [-0.3, -0.25) is 4.57 Å². The molecular weight excluding hydrogens is 451 g/mol. The maximum atomic E-state index is 11.0. The number of hydrogen-bond donors (Lipinski definition) is 4. The van der Waals surface area contributed by atoms with Crippen LogP contribution in [0.1, 0.15) is 37.8 Å². The maximum Gasteiger partial charge on any atom is 0.325 e. The Labute approximate surface area is 201 Å². The third kappa shape index (κ3) is 8.99. The first-order valence-corrected chi connectivity index (χ1v) is 13.5. The topological polar surface area (TPSA) is 104 Å². The average Bonchev–Trinajstić information content (AvgIpc) is 3.32. The van der Waals surface area contributed by atoms with Gasteiger partial charge in [-0.1, -0.05) is 18.2 Å². The number of hydrogen-bond acceptors (Lipinski definition) is 5. The first-order chi connectivity index (χ1) is 16.3. The van der Waals surface area contributed by atoms with E-state index in [1.807, 2.05) is 32.0 Å². The lowest BCUT2D eigenvalue weighted by Crippen LogP contribution is -2.16. The first-order valence-electron chi connectivity index (χ1n) is 11.7. The van der Waals surface area contributed by atoms with Crippen LogP contribution in [-0.2, 0) is 17.5 Å². The van der Waals surface area contributed by atoms with Crippen LogP contribution in [0.25, 0.3) is 11.1 Å². The molecule has 2 aromatic carbocycles. The van der Waals surface area contributed by atoms with E-state index in [9.17, 15) is 4.57 Å². The summed E-state index contributed by atoms with van der Waals surface area (Å²) in [6, 6.07) is 16.5. The van der Waals surface area contributed by atoms with E-state index in [2.05, 4.69) is 41.0 Å². The third-order valence-corrected chi connectivity index (χ3v) is 6.20. The van der Waals surface area contributed by atoms with Crippen LogP contribution in [0.4, 0.5) is 5.69 Å². The van der Waals surface area contributed by atoms with Crippen LogP contribution in [0.5, 0.6) is 5.75 Å². The van der Waals surface area contributed by atoms with Crippen LogP contribution in [0, 0.1) is 0 Å². The molecule has 0 fully saturated rings. The summed E-state index contributed by atoms with van der Waals surface area (Å²) in [5.41, 5.74) is 5.51. The number of nitrogens with one attached hydrogen (secondary N) is 2. The number of anilines is 1. The van der Waals surface area contributed by atoms with Crippen LogP contribution in [0.3, 0.4) is 0 Å². The van der Waals surface area contributed by atoms with E-state index in [-0.39, 0.29) is 12.3 Å². The predicted octanol–water partition coefficient (Wildman–Crippen LogP) is 5.44. The van der Waals surface area contributed by atoms with Gasteiger partial charge in [-0.15, -0.1) is 0 Å². The zero-order valence-electron chi connectivity index (χ0n) is 19.9. The second kappa shape index (κ2) is 12.8. The van der Waals surface area contributed by atoms with Gasteiger partial charge in [0.25, 0.3) is 0 Å². The summed E-state index contributed by atoms with van der Waals surface area (Å²) in [7, 11) is -3.93. The fourth-order valence-electron chi connectivity index (χ4n) is 3.68. The second-order valence-electron chi connectivity index (χ2n) is 8.65. The molecular formula is C26H35N2O5P. The van der Waals surface area contributed by atoms with E-state index in [0.29, 0.717) is 19.5 Å². The van der Waals surface area contributed by atoms with E-state index in [4.69, 9.17) is 18.9 Å². The van der Waals surface area contributed by atoms with Crippen molar-refractivity contribution in [2.75, 3.05) is 24.6 Å². The molecule has 1 heterocycles. The molecule has 3 rings (SSSR count). The van der Waals surface area contributed by atoms with Crippen molar-refractivity contribution in [3.8, 4) is 16.9 Å². The minimum Gasteiger partial charge on any atom is -0.491 e. The minimum atomic E-state index is -3.93. The van der Waals surface area contributed by atoms with Crippen LogP contribution in [-0.4, -0.2) is 35.1 Å². The van der Waals surface area contributed by atoms with E-state index in [0.717, 1.165) is 47.5 Å². The lowest BCUT2D eigenvalue weighted by molar-refractivity contribution is 0.242. The molecule has 0 amide bonds. The Hall–Kier alpha value is -2.57. The molecule has 184 valence electrons. The van der Waals surface area contributed by atoms with Crippen molar-refractivity contribution < 1.29 is 23.5 Å². The molecule has 8 heteroatoms. The van der Waals surface area contributed by atoms with Gasteiger partial charge in [0.05, 0.1) is 24.8 Å². The minimum absolute atomic E-state index is 0.0982. The molecule has 34 heavy (non-hydrogen) atoms. The highest BCUT2D eigenvalue weighted by molar-refractivity contribution is 7.51. The summed E-state index contributed by atoms with van der Waals surface area (Å²) < 4.78 is 22.0. The van der Waals surface area contributed by atoms with Crippen molar-refractivity contribution in [2.45, 2.75) is 45.8 Å². The van der Waals surface area contributed by atoms with Gasteiger partial charge in [0.15, 0.2) is 0 Å². The Morgan fingerprint density at radius 3 is 2.44 bits per heavy atom. The fraction of sp³-hybridized carbons (Fsp3) is 0.385. The SMILES string of the molecule is CC(C)Oc1ccc(CCCNc2ccc(CNCCCP(=O)(O)O)cc2-c2ccoc2)cc1. The van der Waals surface area contributed by atoms with Crippen molar-refractivity contribution in [1.29, 1.82) is 0 Å². The quantitative estimate of drug-likeness (QED) is 0.178. The van der Waals surface area contributed by atoms with Gasteiger partial charge in [-0.25, -0.2) is 0 Å². The predicted molar refractivity (Wildman–Crippen MR) is 136 cm³/mol. The number of aryl methyl sites for hydroxylation is 1. The average molecular weight is 487 g/mol. The van der Waals surface area contributed by atoms with E-state index < -0.39 is 7.60 Å². The van der Waals surface area contributed by atoms with Crippen LogP contribution in [0.15, 0.2) is 65.5 Å². The molecule has 0 atom stereocenters. The summed E-state index contributed by atoms with van der Waals surface area (Å²) in [6.45, 7) is 6.07. The normalized spacial score (nSPS) is 11.7. The summed E-state index contributed by atoms with van der Waals surface area (Å²) >= 11 is 0. The molecule has 0 bridgehead atoms. The standard InChI is InChI=1S/C26H35N2O5P/c1-20(2)33-24-9-6-21(7-10-24)5-3-14-28-26-11-8-22(17-25(26)23-12-15-32-19-23)18-27-13-4-16-34(29,30)31/h6-12,15,17,19-20,27-28H,3-5,13-14,16,18H2,1-2H3,(H2,29,30,31). The van der Waals surface area contributed by atoms with Crippen molar-refractivity contribution in [3.05, 3.63) is 72.2 Å². The van der Waals surface area contributed by atoms with E-state index in [1.165, 1.54) is 5.56 Å². The van der Waals surface area contributed by atoms with Crippen molar-refractivity contribution in [2.24, 2.45) is 0 Å². The molecule has 3 aromatic rings. The van der Waals surface area contributed by atoms with Gasteiger partial charge in [-0.05, 0) is 81.1 Å². The summed E-state index contributed by atoms with van der Waals surface area (Å²) in [5, 5.41) is 6.81. The molecule has 1 aromatic heterocycles. The van der Waals surface area contributed by atoms with Gasteiger partial charge in [0.2, 0.25) is 0 Å². The maximum absolute atomic E-state index is 11.0. The van der Waals surface area contributed by atoms with Crippen LogP contribution < -0.4 is 15.4 Å². The number of rotatable bonds is 14. The Bertz CT molecular complexity index is 1050. The van der Waals surface area contributed by atoms with Crippen molar-refractivity contribution >= 4 is 13.3 Å². The lowest BCUT2D eigenvalue weighted by atomic mass is 10.0. The van der Waals surface area contributed by atoms with Gasteiger partial charge >= 0.3 is 7.60 Å². The van der Waals surface area contributed by atoms with Gasteiger partial charge in [0, 0.05) is 29.9 Å². The number of ether oxygens (including phenoxy) is 1. The van der Waals surface area contributed by atoms with Crippen molar-refractivity contribution in [1.82, 2.24) is 5.32 Å². The largest absolute Gasteiger partial charge is 0.491 e. The fourth-order valence-corrected chi connectivity index (χ4v) is 4.25. The summed E-state index contributed by atoms with van der Waals surface area (Å²) in [5.74, 6) is 0.901. The Balaban J connectivity index is 1.52. The lowest BCUT2D eigenvalue weighted by Gasteiger charge is -2.14. The molecule has 4 N–H and O–H groups in total. The molecule has 7 nitrogen and oxygen atoms in total. The number of furan rings is 1. The zero-order chi connectivity index (χ0) is 24.4. The van der Waals surface area contributed by atoms with Gasteiger partial charge < -0.3 is 29.6 Å². The summed E-state index contributed by atoms with van der Waals surface area (Å²) in [6.07, 6.45) is 5.89. The molecule has 0 aliphatic rings. The zero-order valence-corrected chi connectivity index (χ0v) is 20.8. The van der Waals surface area contributed by atoms with E-state index in [1.54, 1.807) is 12.5 Å². The summed E-state index contributed by atoms with van der Waals surface area (Å²) in [4.78, 5) is 17.9. The van der Waals surface area contributed by atoms with Gasteiger partial charge in [-0.2, -0.15) is 0 Å². The molecule has 0 spiro atoms.